The summed E-state index contributed by atoms with van der Waals surface area (Å²) >= 11 is 3.45. The first-order valence-corrected chi connectivity index (χ1v) is 13.6. The number of nitrogens with zero attached hydrogens (tertiary/aromatic N) is 1. The average molecular weight is 637 g/mol. The van der Waals surface area contributed by atoms with Crippen molar-refractivity contribution in [3.05, 3.63) is 82.3 Å². The molecule has 0 bridgehead atoms. The van der Waals surface area contributed by atoms with E-state index >= 15 is 0 Å². The van der Waals surface area contributed by atoms with E-state index in [1.807, 2.05) is 30.3 Å². The number of nitrogens with one attached hydrogen (secondary N) is 1. The van der Waals surface area contributed by atoms with Crippen LogP contribution in [-0.4, -0.2) is 52.6 Å². The largest absolute Gasteiger partial charge is 0.493 e. The molecule has 1 amide bonds. The molecule has 0 aromatic heterocycles. The van der Waals surface area contributed by atoms with E-state index in [2.05, 4.69) is 26.5 Å². The van der Waals surface area contributed by atoms with Gasteiger partial charge in [0, 0.05) is 4.47 Å². The number of rotatable bonds is 12. The third kappa shape index (κ3) is 7.49. The fraction of sp³-hybridized carbons (Fsp3) is 0.194. The highest BCUT2D eigenvalue weighted by Crippen LogP contribution is 2.39. The van der Waals surface area contributed by atoms with Gasteiger partial charge in [0.25, 0.3) is 5.91 Å². The zero-order valence-corrected chi connectivity index (χ0v) is 25.0. The lowest BCUT2D eigenvalue weighted by Crippen LogP contribution is -2.24. The lowest BCUT2D eigenvalue weighted by Gasteiger charge is -2.15. The van der Waals surface area contributed by atoms with Gasteiger partial charge >= 0.3 is 5.97 Å². The quantitative estimate of drug-likeness (QED) is 0.0901. The molecule has 0 aliphatic carbocycles. The van der Waals surface area contributed by atoms with Crippen LogP contribution in [0.4, 0.5) is 0 Å². The Labute approximate surface area is 251 Å². The third-order valence-electron chi connectivity index (χ3n) is 5.92. The van der Waals surface area contributed by atoms with Crippen LogP contribution in [0.3, 0.4) is 0 Å². The summed E-state index contributed by atoms with van der Waals surface area (Å²) in [5.74, 6) is 1.01. The minimum Gasteiger partial charge on any atom is -0.493 e. The first-order chi connectivity index (χ1) is 20.3. The van der Waals surface area contributed by atoms with Gasteiger partial charge < -0.3 is 28.4 Å². The van der Waals surface area contributed by atoms with Gasteiger partial charge in [-0.1, -0.05) is 28.1 Å². The summed E-state index contributed by atoms with van der Waals surface area (Å²) in [5, 5.41) is 6.05. The maximum absolute atomic E-state index is 13.0. The van der Waals surface area contributed by atoms with E-state index < -0.39 is 11.9 Å². The second kappa shape index (κ2) is 14.2. The van der Waals surface area contributed by atoms with Crippen LogP contribution in [0.25, 0.3) is 10.8 Å². The number of ether oxygens (including phenoxy) is 6. The highest BCUT2D eigenvalue weighted by atomic mass is 79.9. The molecule has 0 atom stereocenters. The molecule has 0 heterocycles. The van der Waals surface area contributed by atoms with Gasteiger partial charge in [0.1, 0.15) is 5.75 Å². The van der Waals surface area contributed by atoms with Crippen molar-refractivity contribution < 1.29 is 38.0 Å². The van der Waals surface area contributed by atoms with Crippen LogP contribution in [0.15, 0.2) is 76.3 Å². The number of methoxy groups -OCH3 is 3. The van der Waals surface area contributed by atoms with Crippen molar-refractivity contribution in [1.82, 2.24) is 5.43 Å². The molecule has 0 spiro atoms. The Balaban J connectivity index is 1.38. The van der Waals surface area contributed by atoms with Crippen LogP contribution in [0.2, 0.25) is 0 Å². The third-order valence-corrected chi connectivity index (χ3v) is 6.41. The van der Waals surface area contributed by atoms with E-state index in [0.717, 1.165) is 15.2 Å². The molecule has 4 aromatic rings. The number of hydrogen-bond acceptors (Lipinski definition) is 9. The number of hydrogen-bond donors (Lipinski definition) is 1. The molecule has 0 saturated heterocycles. The zero-order valence-electron chi connectivity index (χ0n) is 23.4. The molecule has 0 unspecified atom stereocenters. The second-order valence-electron chi connectivity index (χ2n) is 8.68. The molecule has 0 aliphatic heterocycles. The molecule has 10 nitrogen and oxygen atoms in total. The van der Waals surface area contributed by atoms with E-state index in [0.29, 0.717) is 40.9 Å². The lowest BCUT2D eigenvalue weighted by atomic mass is 10.1. The fourth-order valence-corrected chi connectivity index (χ4v) is 4.34. The Hall–Kier alpha value is -4.77. The Morgan fingerprint density at radius 3 is 2.21 bits per heavy atom. The van der Waals surface area contributed by atoms with Crippen molar-refractivity contribution >= 4 is 44.8 Å². The number of esters is 1. The zero-order chi connectivity index (χ0) is 30.1. The summed E-state index contributed by atoms with van der Waals surface area (Å²) in [4.78, 5) is 25.2. The standard InChI is InChI=1S/C31H29BrN2O8/c1-5-40-26-12-19(6-11-25(26)42-31(36)22-15-27(37-2)30(39-4)28(16-22)38-3)17-33-34-29(35)18-41-24-10-8-20-13-23(32)9-7-21(20)14-24/h6-17H,5,18H2,1-4H3,(H,34,35). The summed E-state index contributed by atoms with van der Waals surface area (Å²) in [6, 6.07) is 19.4. The Morgan fingerprint density at radius 2 is 1.52 bits per heavy atom. The summed E-state index contributed by atoms with van der Waals surface area (Å²) in [6.45, 7) is 1.93. The molecule has 4 rings (SSSR count). The smallest absolute Gasteiger partial charge is 0.343 e. The van der Waals surface area contributed by atoms with Crippen molar-refractivity contribution in [2.24, 2.45) is 5.10 Å². The number of benzene rings is 4. The minimum atomic E-state index is -0.650. The monoisotopic (exact) mass is 636 g/mol. The summed E-state index contributed by atoms with van der Waals surface area (Å²) < 4.78 is 33.8. The molecule has 218 valence electrons. The van der Waals surface area contributed by atoms with E-state index in [-0.39, 0.29) is 17.9 Å². The van der Waals surface area contributed by atoms with Crippen LogP contribution in [0.5, 0.6) is 34.5 Å². The Morgan fingerprint density at radius 1 is 0.810 bits per heavy atom. The van der Waals surface area contributed by atoms with Gasteiger partial charge in [-0.15, -0.1) is 0 Å². The molecule has 11 heteroatoms. The normalized spacial score (nSPS) is 10.8. The van der Waals surface area contributed by atoms with Gasteiger partial charge in [0.05, 0.1) is 39.7 Å². The van der Waals surface area contributed by atoms with Gasteiger partial charge in [-0.3, -0.25) is 4.79 Å². The van der Waals surface area contributed by atoms with Gasteiger partial charge in [-0.2, -0.15) is 5.10 Å². The molecule has 0 saturated carbocycles. The maximum Gasteiger partial charge on any atom is 0.343 e. The lowest BCUT2D eigenvalue weighted by molar-refractivity contribution is -0.123. The predicted molar refractivity (Wildman–Crippen MR) is 162 cm³/mol. The molecule has 4 aromatic carbocycles. The number of hydrazone groups is 1. The van der Waals surface area contributed by atoms with Crippen LogP contribution in [0.1, 0.15) is 22.8 Å². The summed E-state index contributed by atoms with van der Waals surface area (Å²) in [7, 11) is 4.39. The van der Waals surface area contributed by atoms with Crippen molar-refractivity contribution in [3.8, 4) is 34.5 Å². The fourth-order valence-electron chi connectivity index (χ4n) is 3.96. The molecule has 0 radical (unpaired) electrons. The first kappa shape index (κ1) is 30.2. The van der Waals surface area contributed by atoms with Gasteiger partial charge in [-0.25, -0.2) is 10.2 Å². The van der Waals surface area contributed by atoms with Crippen LogP contribution in [-0.2, 0) is 4.79 Å². The SMILES string of the molecule is CCOc1cc(C=NNC(=O)COc2ccc3cc(Br)ccc3c2)ccc1OC(=O)c1cc(OC)c(OC)c(OC)c1. The molecular weight excluding hydrogens is 608 g/mol. The van der Waals surface area contributed by atoms with E-state index in [1.165, 1.54) is 39.7 Å². The van der Waals surface area contributed by atoms with Crippen LogP contribution in [0, 0.1) is 0 Å². The number of carbonyl (C=O) groups is 2. The van der Waals surface area contributed by atoms with Crippen molar-refractivity contribution in [2.75, 3.05) is 34.5 Å². The minimum absolute atomic E-state index is 0.194. The van der Waals surface area contributed by atoms with Crippen LogP contribution < -0.4 is 33.8 Å². The highest BCUT2D eigenvalue weighted by molar-refractivity contribution is 9.10. The van der Waals surface area contributed by atoms with Gasteiger partial charge in [0.2, 0.25) is 5.75 Å². The predicted octanol–water partition coefficient (Wildman–Crippen LogP) is 5.78. The molecular formula is C31H29BrN2O8. The first-order valence-electron chi connectivity index (χ1n) is 12.8. The molecule has 42 heavy (non-hydrogen) atoms. The van der Waals surface area contributed by atoms with Crippen molar-refractivity contribution in [3.63, 3.8) is 0 Å². The van der Waals surface area contributed by atoms with Crippen LogP contribution >= 0.6 is 15.9 Å². The Kier molecular flexibility index (Phi) is 10.2. The number of amides is 1. The molecule has 0 fully saturated rings. The number of fused-ring (bicyclic) bond motifs is 1. The molecule has 0 aliphatic rings. The summed E-state index contributed by atoms with van der Waals surface area (Å²) in [6.07, 6.45) is 1.44. The summed E-state index contributed by atoms with van der Waals surface area (Å²) in [5.41, 5.74) is 3.23. The van der Waals surface area contributed by atoms with Crippen molar-refractivity contribution in [2.45, 2.75) is 6.92 Å². The van der Waals surface area contributed by atoms with E-state index in [4.69, 9.17) is 28.4 Å². The highest BCUT2D eigenvalue weighted by Gasteiger charge is 2.20. The van der Waals surface area contributed by atoms with Crippen molar-refractivity contribution in [1.29, 1.82) is 0 Å². The topological polar surface area (TPSA) is 114 Å². The van der Waals surface area contributed by atoms with Gasteiger partial charge in [-0.05, 0) is 77.9 Å². The molecule has 1 N–H and O–H groups in total. The van der Waals surface area contributed by atoms with E-state index in [1.54, 1.807) is 31.2 Å². The number of carbonyl (C=O) groups excluding carboxylic acids is 2. The second-order valence-corrected chi connectivity index (χ2v) is 9.59. The van der Waals surface area contributed by atoms with Gasteiger partial charge in [0.15, 0.2) is 29.6 Å². The Bertz CT molecular complexity index is 1600. The maximum atomic E-state index is 13.0. The average Bonchev–Trinajstić information content (AvgIpc) is 3.00. The number of halogens is 1. The van der Waals surface area contributed by atoms with E-state index in [9.17, 15) is 9.59 Å².